The van der Waals surface area contributed by atoms with Crippen LogP contribution in [0.1, 0.15) is 24.1 Å². The van der Waals surface area contributed by atoms with Crippen molar-refractivity contribution in [2.45, 2.75) is 37.5 Å². The molecule has 2 atom stereocenters. The second-order valence-electron chi connectivity index (χ2n) is 5.62. The Balaban J connectivity index is 1.94. The van der Waals surface area contributed by atoms with Gasteiger partial charge in [-0.2, -0.15) is 0 Å². The van der Waals surface area contributed by atoms with Crippen molar-refractivity contribution in [3.8, 4) is 0 Å². The molecule has 0 spiro atoms. The van der Waals surface area contributed by atoms with E-state index < -0.39 is 5.60 Å². The number of piperidine rings is 1. The minimum absolute atomic E-state index is 0.295. The van der Waals surface area contributed by atoms with Crippen molar-refractivity contribution in [3.05, 3.63) is 29.6 Å². The highest BCUT2D eigenvalue weighted by atomic mass is 16.5. The highest BCUT2D eigenvalue weighted by Crippen LogP contribution is 2.40. The monoisotopic (exact) mass is 248 g/mol. The van der Waals surface area contributed by atoms with Crippen molar-refractivity contribution in [2.24, 2.45) is 0 Å². The van der Waals surface area contributed by atoms with Crippen LogP contribution in [0.2, 0.25) is 0 Å². The summed E-state index contributed by atoms with van der Waals surface area (Å²) < 4.78 is 5.59. The van der Waals surface area contributed by atoms with Crippen molar-refractivity contribution in [1.82, 2.24) is 9.88 Å². The lowest BCUT2D eigenvalue weighted by molar-refractivity contribution is -0.139. The zero-order valence-electron chi connectivity index (χ0n) is 11.0. The van der Waals surface area contributed by atoms with Crippen LogP contribution in [-0.2, 0) is 10.3 Å². The van der Waals surface area contributed by atoms with Gasteiger partial charge < -0.3 is 9.84 Å². The minimum atomic E-state index is -0.795. The smallest absolute Gasteiger partial charge is 0.110 e. The fourth-order valence-electron chi connectivity index (χ4n) is 3.31. The summed E-state index contributed by atoms with van der Waals surface area (Å²) in [6.45, 7) is 3.44. The van der Waals surface area contributed by atoms with Gasteiger partial charge in [-0.25, -0.2) is 0 Å². The average molecular weight is 248 g/mol. The molecule has 2 fully saturated rings. The van der Waals surface area contributed by atoms with Crippen molar-refractivity contribution in [2.75, 3.05) is 20.3 Å². The molecule has 2 aliphatic rings. The topological polar surface area (TPSA) is 45.6 Å². The quantitative estimate of drug-likeness (QED) is 0.807. The first-order chi connectivity index (χ1) is 8.60. The number of aliphatic hydroxyl groups is 1. The summed E-state index contributed by atoms with van der Waals surface area (Å²) in [4.78, 5) is 6.76. The van der Waals surface area contributed by atoms with Gasteiger partial charge >= 0.3 is 0 Å². The molecule has 4 nitrogen and oxygen atoms in total. The van der Waals surface area contributed by atoms with Crippen molar-refractivity contribution in [3.63, 3.8) is 0 Å². The largest absolute Gasteiger partial charge is 0.383 e. The van der Waals surface area contributed by atoms with Crippen molar-refractivity contribution < 1.29 is 9.84 Å². The molecule has 2 bridgehead atoms. The van der Waals surface area contributed by atoms with Crippen LogP contribution in [0, 0.1) is 6.92 Å². The van der Waals surface area contributed by atoms with Gasteiger partial charge in [0.25, 0.3) is 0 Å². The molecule has 1 aromatic heterocycles. The van der Waals surface area contributed by atoms with Crippen LogP contribution < -0.4 is 0 Å². The number of fused-ring (bicyclic) bond motifs is 2. The van der Waals surface area contributed by atoms with E-state index in [1.807, 2.05) is 19.1 Å². The predicted octanol–water partition coefficient (Wildman–Crippen LogP) is 1.07. The van der Waals surface area contributed by atoms with Gasteiger partial charge in [-0.3, -0.25) is 9.88 Å². The summed E-state index contributed by atoms with van der Waals surface area (Å²) in [6, 6.07) is 4.53. The van der Waals surface area contributed by atoms with Crippen LogP contribution in [0.4, 0.5) is 0 Å². The normalized spacial score (nSPS) is 36.6. The third kappa shape index (κ3) is 1.85. The molecule has 4 heteroatoms. The number of rotatable bonds is 1. The minimum Gasteiger partial charge on any atom is -0.383 e. The van der Waals surface area contributed by atoms with E-state index >= 15 is 0 Å². The molecule has 0 amide bonds. The Kier molecular flexibility index (Phi) is 2.88. The molecule has 2 unspecified atom stereocenters. The summed E-state index contributed by atoms with van der Waals surface area (Å²) >= 11 is 0. The number of hydrogen-bond donors (Lipinski definition) is 1. The van der Waals surface area contributed by atoms with E-state index in [-0.39, 0.29) is 0 Å². The zero-order chi connectivity index (χ0) is 12.8. The zero-order valence-corrected chi connectivity index (χ0v) is 11.0. The van der Waals surface area contributed by atoms with Crippen LogP contribution >= 0.6 is 0 Å². The Hall–Kier alpha value is -0.970. The number of aryl methyl sites for hydroxylation is 1. The maximum Gasteiger partial charge on any atom is 0.110 e. The lowest BCUT2D eigenvalue weighted by Gasteiger charge is -2.50. The first-order valence-corrected chi connectivity index (χ1v) is 6.54. The first-order valence-electron chi connectivity index (χ1n) is 6.54. The molecule has 0 aromatic carbocycles. The molecule has 3 rings (SSSR count). The van der Waals surface area contributed by atoms with E-state index in [1.165, 1.54) is 0 Å². The Labute approximate surface area is 108 Å². The molecule has 2 saturated heterocycles. The van der Waals surface area contributed by atoms with Gasteiger partial charge in [-0.1, -0.05) is 6.07 Å². The summed E-state index contributed by atoms with van der Waals surface area (Å²) in [5, 5.41) is 11.0. The molecule has 0 radical (unpaired) electrons. The van der Waals surface area contributed by atoms with Gasteiger partial charge in [0.1, 0.15) is 5.60 Å². The molecular formula is C14H20N2O2. The average Bonchev–Trinajstić information content (AvgIpc) is 2.32. The summed E-state index contributed by atoms with van der Waals surface area (Å²) in [5.41, 5.74) is 1.12. The molecule has 3 heterocycles. The van der Waals surface area contributed by atoms with E-state index in [9.17, 15) is 5.11 Å². The molecule has 1 N–H and O–H groups in total. The summed E-state index contributed by atoms with van der Waals surface area (Å²) in [7, 11) is 2.13. The van der Waals surface area contributed by atoms with Gasteiger partial charge in [0.05, 0.1) is 18.9 Å². The third-order valence-electron chi connectivity index (χ3n) is 4.37. The number of ether oxygens (including phenoxy) is 1. The number of pyridine rings is 1. The van der Waals surface area contributed by atoms with Crippen LogP contribution in [-0.4, -0.2) is 47.3 Å². The highest BCUT2D eigenvalue weighted by Gasteiger charge is 2.46. The molecule has 0 saturated carbocycles. The Bertz CT molecular complexity index is 435. The van der Waals surface area contributed by atoms with Gasteiger partial charge in [-0.15, -0.1) is 0 Å². The second kappa shape index (κ2) is 4.30. The Morgan fingerprint density at radius 3 is 2.67 bits per heavy atom. The van der Waals surface area contributed by atoms with E-state index in [0.717, 1.165) is 11.3 Å². The van der Waals surface area contributed by atoms with E-state index in [0.29, 0.717) is 38.1 Å². The molecule has 2 aliphatic heterocycles. The van der Waals surface area contributed by atoms with Gasteiger partial charge in [0, 0.05) is 18.3 Å². The van der Waals surface area contributed by atoms with Gasteiger partial charge in [0.2, 0.25) is 0 Å². The maximum atomic E-state index is 11.0. The molecular weight excluding hydrogens is 228 g/mol. The van der Waals surface area contributed by atoms with Crippen LogP contribution in [0.3, 0.4) is 0 Å². The predicted molar refractivity (Wildman–Crippen MR) is 68.3 cm³/mol. The maximum absolute atomic E-state index is 11.0. The van der Waals surface area contributed by atoms with E-state index in [2.05, 4.69) is 16.9 Å². The number of hydrogen-bond acceptors (Lipinski definition) is 4. The second-order valence-corrected chi connectivity index (χ2v) is 5.62. The lowest BCUT2D eigenvalue weighted by Crippen LogP contribution is -2.59. The fourth-order valence-corrected chi connectivity index (χ4v) is 3.31. The summed E-state index contributed by atoms with van der Waals surface area (Å²) in [5.74, 6) is 0. The Morgan fingerprint density at radius 2 is 2.06 bits per heavy atom. The van der Waals surface area contributed by atoms with Crippen LogP contribution in [0.15, 0.2) is 18.3 Å². The molecule has 98 valence electrons. The standard InChI is InChI=1S/C14H20N2O2/c1-10-4-3-5-15-13(10)14(17)6-11-8-18-9-12(7-14)16(11)2/h3-5,11-12,17H,6-9H2,1-2H3. The fraction of sp³-hybridized carbons (Fsp3) is 0.643. The van der Waals surface area contributed by atoms with E-state index in [4.69, 9.17) is 4.74 Å². The third-order valence-corrected chi connectivity index (χ3v) is 4.37. The number of likely N-dealkylation sites (N-methyl/N-ethyl adjacent to an activating group) is 1. The molecule has 1 aromatic rings. The van der Waals surface area contributed by atoms with Gasteiger partial charge in [0.15, 0.2) is 0 Å². The number of morpholine rings is 1. The molecule has 0 aliphatic carbocycles. The van der Waals surface area contributed by atoms with E-state index in [1.54, 1.807) is 6.20 Å². The Morgan fingerprint density at radius 1 is 1.39 bits per heavy atom. The SMILES string of the molecule is Cc1cccnc1C1(O)CC2COCC(C1)N2C. The van der Waals surface area contributed by atoms with Gasteiger partial charge in [-0.05, 0) is 38.4 Å². The highest BCUT2D eigenvalue weighted by molar-refractivity contribution is 5.25. The number of nitrogens with zero attached hydrogens (tertiary/aromatic N) is 2. The molecule has 18 heavy (non-hydrogen) atoms. The summed E-state index contributed by atoms with van der Waals surface area (Å²) in [6.07, 6.45) is 3.18. The van der Waals surface area contributed by atoms with Crippen molar-refractivity contribution >= 4 is 0 Å². The lowest BCUT2D eigenvalue weighted by atomic mass is 9.78. The van der Waals surface area contributed by atoms with Crippen molar-refractivity contribution in [1.29, 1.82) is 0 Å². The van der Waals surface area contributed by atoms with Crippen LogP contribution in [0.5, 0.6) is 0 Å². The number of aromatic nitrogens is 1. The first kappa shape index (κ1) is 12.1. The van der Waals surface area contributed by atoms with Crippen LogP contribution in [0.25, 0.3) is 0 Å².